The molecule has 4 amide bonds. The van der Waals surface area contributed by atoms with Gasteiger partial charge in [-0.15, -0.1) is 0 Å². The smallest absolute Gasteiger partial charge is 0.335 e. The Hall–Kier alpha value is -2.75. The number of hydrogen-bond donors (Lipinski definition) is 1. The average Bonchev–Trinajstić information content (AvgIpc) is 2.79. The number of carbonyl (C=O) groups is 3. The number of amides is 4. The van der Waals surface area contributed by atoms with E-state index >= 15 is 0 Å². The van der Waals surface area contributed by atoms with Crippen LogP contribution in [0, 0.1) is 13.8 Å². The number of urea groups is 1. The summed E-state index contributed by atoms with van der Waals surface area (Å²) in [7, 11) is 0. The Labute approximate surface area is 227 Å². The summed E-state index contributed by atoms with van der Waals surface area (Å²) in [6, 6.07) is 15.7. The first kappa shape index (κ1) is 25.3. The van der Waals surface area contributed by atoms with Crippen molar-refractivity contribution in [2.45, 2.75) is 20.5 Å². The molecular weight excluding hydrogens is 644 g/mol. The standard InChI is InChI=1S/C26H19Br3N2O4/c1-14-3-8-20(9-15(14)2)31-25(33)21(24(32)30-26(31)34)11-17-10-19(28)12-22(29)23(17)35-13-16-4-6-18(27)7-5-16/h3-12H,13H2,1-2H3,(H,30,32,34)/b21-11+. The highest BCUT2D eigenvalue weighted by Gasteiger charge is 2.37. The van der Waals surface area contributed by atoms with Gasteiger partial charge in [0.1, 0.15) is 17.9 Å². The third-order valence-electron chi connectivity index (χ3n) is 5.48. The quantitative estimate of drug-likeness (QED) is 0.240. The van der Waals surface area contributed by atoms with E-state index in [2.05, 4.69) is 53.1 Å². The molecule has 0 unspecified atom stereocenters. The predicted molar refractivity (Wildman–Crippen MR) is 145 cm³/mol. The van der Waals surface area contributed by atoms with E-state index in [-0.39, 0.29) is 12.2 Å². The largest absolute Gasteiger partial charge is 0.487 e. The number of aryl methyl sites for hydroxylation is 2. The van der Waals surface area contributed by atoms with Crippen LogP contribution < -0.4 is 15.0 Å². The number of halogens is 3. The number of nitrogens with one attached hydrogen (secondary N) is 1. The van der Waals surface area contributed by atoms with E-state index in [0.717, 1.165) is 30.5 Å². The fourth-order valence-corrected chi connectivity index (χ4v) is 5.13. The van der Waals surface area contributed by atoms with Gasteiger partial charge < -0.3 is 4.74 Å². The van der Waals surface area contributed by atoms with Crippen molar-refractivity contribution >= 4 is 77.4 Å². The van der Waals surface area contributed by atoms with Gasteiger partial charge in [-0.1, -0.05) is 50.1 Å². The molecular formula is C26H19Br3N2O4. The number of ether oxygens (including phenoxy) is 1. The minimum Gasteiger partial charge on any atom is -0.487 e. The fourth-order valence-electron chi connectivity index (χ4n) is 3.49. The Morgan fingerprint density at radius 3 is 2.29 bits per heavy atom. The molecule has 1 heterocycles. The highest BCUT2D eigenvalue weighted by molar-refractivity contribution is 9.11. The van der Waals surface area contributed by atoms with Crippen molar-refractivity contribution < 1.29 is 19.1 Å². The summed E-state index contributed by atoms with van der Waals surface area (Å²) in [5.74, 6) is -1.02. The van der Waals surface area contributed by atoms with E-state index in [4.69, 9.17) is 4.74 Å². The van der Waals surface area contributed by atoms with E-state index in [1.807, 2.05) is 50.2 Å². The lowest BCUT2D eigenvalue weighted by molar-refractivity contribution is -0.122. The van der Waals surface area contributed by atoms with Crippen molar-refractivity contribution in [1.29, 1.82) is 0 Å². The number of imide groups is 2. The van der Waals surface area contributed by atoms with Crippen LogP contribution in [0.2, 0.25) is 0 Å². The molecule has 35 heavy (non-hydrogen) atoms. The first-order chi connectivity index (χ1) is 16.6. The average molecular weight is 663 g/mol. The van der Waals surface area contributed by atoms with Crippen LogP contribution in [0.1, 0.15) is 22.3 Å². The Bertz CT molecular complexity index is 1380. The zero-order valence-corrected chi connectivity index (χ0v) is 23.5. The molecule has 9 heteroatoms. The number of carbonyl (C=O) groups excluding carboxylic acids is 3. The van der Waals surface area contributed by atoms with Crippen molar-refractivity contribution in [2.75, 3.05) is 4.90 Å². The van der Waals surface area contributed by atoms with Gasteiger partial charge in [0.15, 0.2) is 0 Å². The third-order valence-corrected chi connectivity index (χ3v) is 7.06. The maximum atomic E-state index is 13.3. The Morgan fingerprint density at radius 2 is 1.60 bits per heavy atom. The summed E-state index contributed by atoms with van der Waals surface area (Å²) in [4.78, 5) is 39.6. The van der Waals surface area contributed by atoms with Gasteiger partial charge >= 0.3 is 6.03 Å². The number of rotatable bonds is 5. The molecule has 0 bridgehead atoms. The van der Waals surface area contributed by atoms with Crippen LogP contribution >= 0.6 is 47.8 Å². The SMILES string of the molecule is Cc1ccc(N2C(=O)NC(=O)/C(=C\c3cc(Br)cc(Br)c3OCc3ccc(Br)cc3)C2=O)cc1C. The lowest BCUT2D eigenvalue weighted by Crippen LogP contribution is -2.54. The molecule has 178 valence electrons. The summed E-state index contributed by atoms with van der Waals surface area (Å²) >= 11 is 10.4. The molecule has 6 nitrogen and oxygen atoms in total. The number of anilines is 1. The second-order valence-corrected chi connectivity index (χ2v) is 10.6. The second kappa shape index (κ2) is 10.5. The summed E-state index contributed by atoms with van der Waals surface area (Å²) in [6.45, 7) is 4.10. The first-order valence-electron chi connectivity index (χ1n) is 10.5. The predicted octanol–water partition coefficient (Wildman–Crippen LogP) is 6.84. The van der Waals surface area contributed by atoms with E-state index in [9.17, 15) is 14.4 Å². The molecule has 3 aromatic rings. The summed E-state index contributed by atoms with van der Waals surface area (Å²) in [5, 5.41) is 2.26. The highest BCUT2D eigenvalue weighted by Crippen LogP contribution is 2.36. The summed E-state index contributed by atoms with van der Waals surface area (Å²) in [6.07, 6.45) is 1.44. The molecule has 0 spiro atoms. The second-order valence-electron chi connectivity index (χ2n) is 7.95. The monoisotopic (exact) mass is 660 g/mol. The van der Waals surface area contributed by atoms with Crippen LogP contribution in [0.25, 0.3) is 6.08 Å². The van der Waals surface area contributed by atoms with Gasteiger partial charge in [-0.05, 0) is 88.9 Å². The van der Waals surface area contributed by atoms with Crippen molar-refractivity contribution in [3.05, 3.63) is 95.8 Å². The molecule has 0 aliphatic carbocycles. The van der Waals surface area contributed by atoms with Gasteiger partial charge in [-0.2, -0.15) is 0 Å². The van der Waals surface area contributed by atoms with Crippen LogP contribution in [-0.4, -0.2) is 17.8 Å². The van der Waals surface area contributed by atoms with Gasteiger partial charge in [0.25, 0.3) is 11.8 Å². The fraction of sp³-hybridized carbons (Fsp3) is 0.115. The van der Waals surface area contributed by atoms with Crippen LogP contribution in [0.3, 0.4) is 0 Å². The van der Waals surface area contributed by atoms with E-state index < -0.39 is 17.8 Å². The molecule has 3 aromatic carbocycles. The topological polar surface area (TPSA) is 75.7 Å². The zero-order valence-electron chi connectivity index (χ0n) is 18.7. The zero-order chi connectivity index (χ0) is 25.3. The lowest BCUT2D eigenvalue weighted by Gasteiger charge is -2.27. The minimum atomic E-state index is -0.789. The first-order valence-corrected chi connectivity index (χ1v) is 12.9. The Kier molecular flexibility index (Phi) is 7.59. The number of barbiturate groups is 1. The maximum Gasteiger partial charge on any atom is 0.335 e. The molecule has 0 saturated carbocycles. The molecule has 1 aliphatic heterocycles. The highest BCUT2D eigenvalue weighted by atomic mass is 79.9. The van der Waals surface area contributed by atoms with E-state index in [1.165, 1.54) is 6.08 Å². The summed E-state index contributed by atoms with van der Waals surface area (Å²) < 4.78 is 8.39. The number of benzene rings is 3. The minimum absolute atomic E-state index is 0.179. The number of nitrogens with zero attached hydrogens (tertiary/aromatic N) is 1. The Balaban J connectivity index is 1.71. The molecule has 0 radical (unpaired) electrons. The van der Waals surface area contributed by atoms with E-state index in [1.54, 1.807) is 18.2 Å². The van der Waals surface area contributed by atoms with Gasteiger partial charge in [0, 0.05) is 14.5 Å². The van der Waals surface area contributed by atoms with E-state index in [0.29, 0.717) is 21.5 Å². The van der Waals surface area contributed by atoms with Crippen molar-refractivity contribution in [1.82, 2.24) is 5.32 Å². The summed E-state index contributed by atoms with van der Waals surface area (Å²) in [5.41, 5.74) is 3.59. The van der Waals surface area contributed by atoms with Crippen LogP contribution in [0.5, 0.6) is 5.75 Å². The maximum absolute atomic E-state index is 13.3. The molecule has 1 aliphatic rings. The van der Waals surface area contributed by atoms with Crippen molar-refractivity contribution in [2.24, 2.45) is 0 Å². The molecule has 1 N–H and O–H groups in total. The molecule has 0 aromatic heterocycles. The molecule has 4 rings (SSSR count). The van der Waals surface area contributed by atoms with Gasteiger partial charge in [-0.3, -0.25) is 14.9 Å². The number of hydrogen-bond acceptors (Lipinski definition) is 4. The lowest BCUT2D eigenvalue weighted by atomic mass is 10.0. The molecule has 0 atom stereocenters. The Morgan fingerprint density at radius 1 is 0.886 bits per heavy atom. The molecule has 1 saturated heterocycles. The third kappa shape index (κ3) is 5.58. The normalized spacial score (nSPS) is 14.9. The molecule has 1 fully saturated rings. The van der Waals surface area contributed by atoms with Crippen LogP contribution in [0.15, 0.2) is 73.6 Å². The van der Waals surface area contributed by atoms with Crippen molar-refractivity contribution in [3.63, 3.8) is 0 Å². The van der Waals surface area contributed by atoms with Crippen LogP contribution in [0.4, 0.5) is 10.5 Å². The van der Waals surface area contributed by atoms with Gasteiger partial charge in [0.05, 0.1) is 10.2 Å². The van der Waals surface area contributed by atoms with Gasteiger partial charge in [-0.25, -0.2) is 9.69 Å². The van der Waals surface area contributed by atoms with Crippen LogP contribution in [-0.2, 0) is 16.2 Å². The van der Waals surface area contributed by atoms with Gasteiger partial charge in [0.2, 0.25) is 0 Å². The van der Waals surface area contributed by atoms with Crippen molar-refractivity contribution in [3.8, 4) is 5.75 Å².